The maximum atomic E-state index is 13.1. The van der Waals surface area contributed by atoms with Gasteiger partial charge in [0.05, 0.1) is 37.6 Å². The lowest BCUT2D eigenvalue weighted by Gasteiger charge is -2.46. The van der Waals surface area contributed by atoms with E-state index in [0.29, 0.717) is 37.2 Å². The summed E-state index contributed by atoms with van der Waals surface area (Å²) in [5, 5.41) is 0. The first kappa shape index (κ1) is 41.9. The topological polar surface area (TPSA) is 117 Å². The first-order valence-corrected chi connectivity index (χ1v) is 19.9. The normalized spacial score (nSPS) is 24.2. The fraction of sp³-hybridized carbons (Fsp3) is 0.333. The smallest absolute Gasteiger partial charge is 0.338 e. The number of hydrogen-bond acceptors (Lipinski definition) is 11. The number of benzene rings is 5. The molecule has 2 aliphatic heterocycles. The van der Waals surface area contributed by atoms with Crippen LogP contribution in [0.2, 0.25) is 0 Å². The minimum absolute atomic E-state index is 0.0333. The van der Waals surface area contributed by atoms with Crippen LogP contribution in [0.15, 0.2) is 152 Å². The number of hydrogen-bond donors (Lipinski definition) is 0. The Morgan fingerprint density at radius 3 is 1.51 bits per heavy atom. The highest BCUT2D eigenvalue weighted by molar-refractivity contribution is 5.90. The summed E-state index contributed by atoms with van der Waals surface area (Å²) < 4.78 is 57.1. The Hall–Kier alpha value is -5.24. The van der Waals surface area contributed by atoms with Crippen molar-refractivity contribution < 1.29 is 52.2 Å². The molecule has 5 aromatic carbocycles. The van der Waals surface area contributed by atoms with Crippen molar-refractivity contribution in [3.05, 3.63) is 179 Å². The summed E-state index contributed by atoms with van der Waals surface area (Å²) in [7, 11) is 1.57. The van der Waals surface area contributed by atoms with Gasteiger partial charge in [-0.3, -0.25) is 0 Å². The predicted molar refractivity (Wildman–Crippen MR) is 217 cm³/mol. The molecule has 0 saturated carbocycles. The molecule has 59 heavy (non-hydrogen) atoms. The molecule has 0 aromatic heterocycles. The van der Waals surface area contributed by atoms with Gasteiger partial charge in [-0.25, -0.2) is 9.59 Å². The third-order valence-corrected chi connectivity index (χ3v) is 10.2. The monoisotopic (exact) mass is 802 g/mol. The number of carbonyl (C=O) groups excluding carboxylic acids is 2. The molecule has 2 aliphatic rings. The fourth-order valence-corrected chi connectivity index (χ4v) is 7.11. The lowest BCUT2D eigenvalue weighted by molar-refractivity contribution is -0.330. The molecule has 0 unspecified atom stereocenters. The van der Waals surface area contributed by atoms with Crippen molar-refractivity contribution in [2.45, 2.75) is 81.9 Å². The van der Waals surface area contributed by atoms with Gasteiger partial charge in [-0.1, -0.05) is 127 Å². The average Bonchev–Trinajstić information content (AvgIpc) is 3.30. The molecule has 0 radical (unpaired) electrons. The lowest BCUT2D eigenvalue weighted by Crippen LogP contribution is -2.61. The van der Waals surface area contributed by atoms with Crippen LogP contribution in [0.3, 0.4) is 0 Å². The SMILES string of the molecule is CO[C@H]1O[C@H](CO[C@@H]2CC[C@@H](OC(=O)c3ccccc3)[C@@H](COC(=O)c3ccccc3)O2)[C@@H](OCc2ccccc2)[C@H](OCc2ccccc2)[C@H]1OCc1ccccc1. The van der Waals surface area contributed by atoms with E-state index in [1.807, 2.05) is 103 Å². The van der Waals surface area contributed by atoms with Gasteiger partial charge in [0.15, 0.2) is 12.6 Å². The number of carbonyl (C=O) groups is 2. The first-order valence-electron chi connectivity index (χ1n) is 19.9. The minimum Gasteiger partial charge on any atom is -0.459 e. The van der Waals surface area contributed by atoms with Gasteiger partial charge in [0.1, 0.15) is 43.2 Å². The van der Waals surface area contributed by atoms with Crippen molar-refractivity contribution >= 4 is 11.9 Å². The molecule has 308 valence electrons. The molecule has 2 saturated heterocycles. The molecule has 11 nitrogen and oxygen atoms in total. The second kappa shape index (κ2) is 21.7. The largest absolute Gasteiger partial charge is 0.459 e. The number of esters is 2. The van der Waals surface area contributed by atoms with Crippen molar-refractivity contribution in [3.8, 4) is 0 Å². The van der Waals surface area contributed by atoms with E-state index < -0.39 is 61.1 Å². The fourth-order valence-electron chi connectivity index (χ4n) is 7.11. The van der Waals surface area contributed by atoms with Gasteiger partial charge in [-0.05, 0) is 47.4 Å². The highest BCUT2D eigenvalue weighted by Gasteiger charge is 2.49. The second-order valence-electron chi connectivity index (χ2n) is 14.4. The molecular formula is C48H50O11. The van der Waals surface area contributed by atoms with E-state index in [0.717, 1.165) is 16.7 Å². The maximum absolute atomic E-state index is 13.1. The van der Waals surface area contributed by atoms with E-state index in [1.54, 1.807) is 55.6 Å². The predicted octanol–water partition coefficient (Wildman–Crippen LogP) is 7.72. The van der Waals surface area contributed by atoms with Crippen molar-refractivity contribution in [1.82, 2.24) is 0 Å². The zero-order valence-electron chi connectivity index (χ0n) is 33.0. The van der Waals surface area contributed by atoms with Gasteiger partial charge < -0.3 is 42.6 Å². The van der Waals surface area contributed by atoms with Crippen LogP contribution in [0.4, 0.5) is 0 Å². The summed E-state index contributed by atoms with van der Waals surface area (Å²) >= 11 is 0. The number of rotatable bonds is 18. The Morgan fingerprint density at radius 2 is 0.983 bits per heavy atom. The molecule has 0 amide bonds. The highest BCUT2D eigenvalue weighted by atomic mass is 16.7. The highest BCUT2D eigenvalue weighted by Crippen LogP contribution is 2.32. The summed E-state index contributed by atoms with van der Waals surface area (Å²) in [4.78, 5) is 26.1. The Bertz CT molecular complexity index is 1980. The van der Waals surface area contributed by atoms with Crippen LogP contribution in [0.5, 0.6) is 0 Å². The van der Waals surface area contributed by atoms with Crippen LogP contribution < -0.4 is 0 Å². The lowest BCUT2D eigenvalue weighted by atomic mass is 9.97. The summed E-state index contributed by atoms with van der Waals surface area (Å²) in [6.45, 7) is 0.748. The molecule has 0 N–H and O–H groups in total. The molecule has 5 aromatic rings. The van der Waals surface area contributed by atoms with E-state index in [1.165, 1.54) is 0 Å². The average molecular weight is 803 g/mol. The Balaban J connectivity index is 1.09. The maximum Gasteiger partial charge on any atom is 0.338 e. The second-order valence-corrected chi connectivity index (χ2v) is 14.4. The molecule has 2 fully saturated rings. The van der Waals surface area contributed by atoms with Crippen LogP contribution >= 0.6 is 0 Å². The first-order chi connectivity index (χ1) is 29.0. The van der Waals surface area contributed by atoms with Gasteiger partial charge in [-0.2, -0.15) is 0 Å². The molecule has 0 aliphatic carbocycles. The standard InChI is InChI=1S/C48H50O11/c1-51-48-45(55-31-36-21-11-4-12-22-36)44(54-30-35-19-9-3-10-20-35)43(53-29-34-17-7-2-8-18-34)41(59-48)33-52-42-28-27-39(58-47(50)38-25-15-6-16-26-38)40(57-42)32-56-46(49)37-23-13-5-14-24-37/h2-26,39-45,48H,27-33H2,1H3/t39-,40-,41-,42+,43-,44+,45-,48+/m1/s1. The van der Waals surface area contributed by atoms with Gasteiger partial charge >= 0.3 is 11.9 Å². The Morgan fingerprint density at radius 1 is 0.508 bits per heavy atom. The summed E-state index contributed by atoms with van der Waals surface area (Å²) in [6, 6.07) is 47.1. The third-order valence-electron chi connectivity index (χ3n) is 10.2. The Labute approximate surface area is 345 Å². The van der Waals surface area contributed by atoms with Crippen molar-refractivity contribution in [2.24, 2.45) is 0 Å². The van der Waals surface area contributed by atoms with Crippen molar-refractivity contribution in [3.63, 3.8) is 0 Å². The zero-order valence-corrected chi connectivity index (χ0v) is 33.0. The van der Waals surface area contributed by atoms with Crippen LogP contribution in [0, 0.1) is 0 Å². The van der Waals surface area contributed by atoms with Crippen LogP contribution in [0.1, 0.15) is 50.2 Å². The molecule has 0 spiro atoms. The van der Waals surface area contributed by atoms with Gasteiger partial charge in [0, 0.05) is 13.5 Å². The van der Waals surface area contributed by atoms with E-state index >= 15 is 0 Å². The van der Waals surface area contributed by atoms with E-state index in [4.69, 9.17) is 42.6 Å². The summed E-state index contributed by atoms with van der Waals surface area (Å²) in [5.41, 5.74) is 3.76. The molecular weight excluding hydrogens is 753 g/mol. The van der Waals surface area contributed by atoms with Crippen molar-refractivity contribution in [1.29, 1.82) is 0 Å². The van der Waals surface area contributed by atoms with Crippen LogP contribution in [-0.2, 0) is 62.5 Å². The molecule has 2 heterocycles. The van der Waals surface area contributed by atoms with Gasteiger partial charge in [0.2, 0.25) is 0 Å². The van der Waals surface area contributed by atoms with Crippen LogP contribution in [-0.4, -0.2) is 81.5 Å². The van der Waals surface area contributed by atoms with Gasteiger partial charge in [0.25, 0.3) is 0 Å². The van der Waals surface area contributed by atoms with E-state index in [9.17, 15) is 9.59 Å². The van der Waals surface area contributed by atoms with E-state index in [2.05, 4.69) is 0 Å². The zero-order chi connectivity index (χ0) is 40.7. The Kier molecular flexibility index (Phi) is 15.4. The summed E-state index contributed by atoms with van der Waals surface area (Å²) in [6.07, 6.45) is -4.97. The minimum atomic E-state index is -0.830. The third kappa shape index (κ3) is 11.9. The van der Waals surface area contributed by atoms with Gasteiger partial charge in [-0.15, -0.1) is 0 Å². The molecule has 7 rings (SSSR count). The number of methoxy groups -OCH3 is 1. The quantitative estimate of drug-likeness (QED) is 0.0811. The van der Waals surface area contributed by atoms with Crippen molar-refractivity contribution in [2.75, 3.05) is 20.3 Å². The summed E-state index contributed by atoms with van der Waals surface area (Å²) in [5.74, 6) is -1.02. The molecule has 0 bridgehead atoms. The number of ether oxygens (including phenoxy) is 9. The van der Waals surface area contributed by atoms with Crippen LogP contribution in [0.25, 0.3) is 0 Å². The van der Waals surface area contributed by atoms with E-state index in [-0.39, 0.29) is 19.8 Å². The molecule has 11 heteroatoms. The molecule has 8 atom stereocenters.